The zero-order chi connectivity index (χ0) is 24.6. The van der Waals surface area contributed by atoms with Gasteiger partial charge in [-0.05, 0) is 44.2 Å². The Bertz CT molecular complexity index is 996. The summed E-state index contributed by atoms with van der Waals surface area (Å²) in [7, 11) is 0. The van der Waals surface area contributed by atoms with Crippen molar-refractivity contribution in [3.8, 4) is 17.4 Å². The number of nitrogens with zero attached hydrogens (tertiary/aromatic N) is 1. The van der Waals surface area contributed by atoms with Crippen LogP contribution < -0.4 is 9.47 Å². The third kappa shape index (κ3) is 8.26. The van der Waals surface area contributed by atoms with Crippen molar-refractivity contribution in [2.75, 3.05) is 13.2 Å². The van der Waals surface area contributed by atoms with Gasteiger partial charge in [0.1, 0.15) is 22.9 Å². The van der Waals surface area contributed by atoms with Gasteiger partial charge >= 0.3 is 18.1 Å². The highest BCUT2D eigenvalue weighted by Crippen LogP contribution is 2.34. The zero-order valence-electron chi connectivity index (χ0n) is 17.5. The largest absolute Gasteiger partial charge is 0.479 e. The van der Waals surface area contributed by atoms with Crippen LogP contribution in [0.25, 0.3) is 0 Å². The lowest BCUT2D eigenvalue weighted by Gasteiger charge is -2.14. The molecule has 0 aliphatic heterocycles. The first-order valence-corrected chi connectivity index (χ1v) is 9.88. The maximum Gasteiger partial charge on any atom is 0.417 e. The van der Waals surface area contributed by atoms with E-state index in [1.54, 1.807) is 6.92 Å². The Labute approximate surface area is 191 Å². The zero-order valence-corrected chi connectivity index (χ0v) is 18.2. The smallest absolute Gasteiger partial charge is 0.417 e. The second-order valence-electron chi connectivity index (χ2n) is 6.47. The first kappa shape index (κ1) is 25.9. The molecule has 0 fully saturated rings. The van der Waals surface area contributed by atoms with Gasteiger partial charge in [0.2, 0.25) is 5.88 Å². The number of ketones is 1. The van der Waals surface area contributed by atoms with Gasteiger partial charge in [-0.25, -0.2) is 9.78 Å². The SMILES string of the molecule is CCOC(=O)CC(=O)COC(=O)C(C)Oc1ccc(Oc2ncc(C(F)(F)F)cc2Cl)cc1. The maximum atomic E-state index is 12.7. The first-order valence-electron chi connectivity index (χ1n) is 9.50. The lowest BCUT2D eigenvalue weighted by molar-refractivity contribution is -0.156. The Balaban J connectivity index is 1.88. The molecule has 0 saturated heterocycles. The maximum absolute atomic E-state index is 12.7. The van der Waals surface area contributed by atoms with Gasteiger partial charge in [-0.1, -0.05) is 11.6 Å². The average Bonchev–Trinajstić information content (AvgIpc) is 2.74. The lowest BCUT2D eigenvalue weighted by atomic mass is 10.3. The summed E-state index contributed by atoms with van der Waals surface area (Å²) in [5, 5.41) is -0.320. The Hall–Kier alpha value is -3.34. The quantitative estimate of drug-likeness (QED) is 0.358. The molecule has 0 bridgehead atoms. The molecule has 33 heavy (non-hydrogen) atoms. The van der Waals surface area contributed by atoms with E-state index in [-0.39, 0.29) is 29.0 Å². The molecule has 1 aromatic carbocycles. The number of pyridine rings is 1. The molecule has 0 aliphatic carbocycles. The fourth-order valence-corrected chi connectivity index (χ4v) is 2.50. The Morgan fingerprint density at radius 1 is 1.09 bits per heavy atom. The minimum absolute atomic E-state index is 0.133. The number of carbonyl (C=O) groups excluding carboxylic acids is 3. The van der Waals surface area contributed by atoms with E-state index in [9.17, 15) is 27.6 Å². The summed E-state index contributed by atoms with van der Waals surface area (Å²) in [6.45, 7) is 2.53. The third-order valence-corrected chi connectivity index (χ3v) is 4.11. The molecule has 2 aromatic rings. The molecule has 0 radical (unpaired) electrons. The van der Waals surface area contributed by atoms with Gasteiger partial charge in [-0.15, -0.1) is 0 Å². The molecule has 178 valence electrons. The molecule has 2 rings (SSSR count). The number of hydrogen-bond acceptors (Lipinski definition) is 8. The Morgan fingerprint density at radius 3 is 2.30 bits per heavy atom. The molecule has 0 aliphatic rings. The van der Waals surface area contributed by atoms with Gasteiger partial charge in [-0.2, -0.15) is 13.2 Å². The van der Waals surface area contributed by atoms with Crippen LogP contribution in [0.1, 0.15) is 25.8 Å². The van der Waals surface area contributed by atoms with Gasteiger partial charge in [0.15, 0.2) is 18.5 Å². The summed E-state index contributed by atoms with van der Waals surface area (Å²) < 4.78 is 58.2. The number of ether oxygens (including phenoxy) is 4. The fourth-order valence-electron chi connectivity index (χ4n) is 2.30. The summed E-state index contributed by atoms with van der Waals surface area (Å²) in [6, 6.07) is 6.41. The van der Waals surface area contributed by atoms with Crippen LogP contribution in [0.15, 0.2) is 36.5 Å². The highest BCUT2D eigenvalue weighted by atomic mass is 35.5. The topological polar surface area (TPSA) is 101 Å². The Morgan fingerprint density at radius 2 is 1.73 bits per heavy atom. The summed E-state index contributed by atoms with van der Waals surface area (Å²) in [6.07, 6.45) is -5.56. The number of benzene rings is 1. The molecule has 1 aromatic heterocycles. The number of esters is 2. The number of hydrogen-bond donors (Lipinski definition) is 0. The van der Waals surface area contributed by atoms with Crippen LogP contribution in [0, 0.1) is 0 Å². The number of Topliss-reactive ketones (excluding diaryl/α,β-unsaturated/α-hetero) is 1. The highest BCUT2D eigenvalue weighted by Gasteiger charge is 2.31. The van der Waals surface area contributed by atoms with Crippen molar-refractivity contribution in [1.82, 2.24) is 4.98 Å². The van der Waals surface area contributed by atoms with Gasteiger partial charge in [-0.3, -0.25) is 9.59 Å². The minimum Gasteiger partial charge on any atom is -0.479 e. The number of halogens is 4. The highest BCUT2D eigenvalue weighted by molar-refractivity contribution is 6.31. The third-order valence-electron chi connectivity index (χ3n) is 3.84. The summed E-state index contributed by atoms with van der Waals surface area (Å²) >= 11 is 5.80. The number of aromatic nitrogens is 1. The second-order valence-corrected chi connectivity index (χ2v) is 6.88. The fraction of sp³-hybridized carbons (Fsp3) is 0.333. The predicted octanol–water partition coefficient (Wildman–Crippen LogP) is 4.38. The standard InChI is InChI=1S/C21H19ClF3NO7/c1-3-30-18(28)9-14(27)11-31-20(29)12(2)32-15-4-6-16(7-5-15)33-19-17(22)8-13(10-26-19)21(23,24)25/h4-8,10,12H,3,9,11H2,1-2H3. The minimum atomic E-state index is -4.58. The number of carbonyl (C=O) groups is 3. The molecule has 1 unspecified atom stereocenters. The van der Waals surface area contributed by atoms with Crippen LogP contribution in [0.5, 0.6) is 17.4 Å². The van der Waals surface area contributed by atoms with E-state index in [0.29, 0.717) is 12.3 Å². The Kier molecular flexibility index (Phi) is 9.03. The summed E-state index contributed by atoms with van der Waals surface area (Å²) in [5.74, 6) is -1.92. The molecule has 8 nitrogen and oxygen atoms in total. The average molecular weight is 490 g/mol. The molecule has 12 heteroatoms. The summed E-state index contributed by atoms with van der Waals surface area (Å²) in [4.78, 5) is 38.3. The van der Waals surface area contributed by atoms with Crippen molar-refractivity contribution in [2.45, 2.75) is 32.5 Å². The van der Waals surface area contributed by atoms with Crippen molar-refractivity contribution in [3.63, 3.8) is 0 Å². The van der Waals surface area contributed by atoms with E-state index in [1.165, 1.54) is 31.2 Å². The molecule has 1 atom stereocenters. The first-order chi connectivity index (χ1) is 15.5. The van der Waals surface area contributed by atoms with E-state index in [4.69, 9.17) is 25.8 Å². The van der Waals surface area contributed by atoms with Crippen LogP contribution >= 0.6 is 11.6 Å². The number of rotatable bonds is 10. The van der Waals surface area contributed by atoms with Crippen LogP contribution in [-0.4, -0.2) is 42.0 Å². The van der Waals surface area contributed by atoms with Gasteiger partial charge in [0.25, 0.3) is 0 Å². The predicted molar refractivity (Wildman–Crippen MR) is 108 cm³/mol. The van der Waals surface area contributed by atoms with E-state index < -0.39 is 48.6 Å². The van der Waals surface area contributed by atoms with E-state index in [2.05, 4.69) is 9.72 Å². The number of alkyl halides is 3. The lowest BCUT2D eigenvalue weighted by Crippen LogP contribution is -2.28. The van der Waals surface area contributed by atoms with Gasteiger partial charge in [0.05, 0.1) is 12.2 Å². The van der Waals surface area contributed by atoms with Crippen LogP contribution in [0.3, 0.4) is 0 Å². The van der Waals surface area contributed by atoms with Crippen molar-refractivity contribution in [1.29, 1.82) is 0 Å². The van der Waals surface area contributed by atoms with E-state index in [0.717, 1.165) is 0 Å². The monoisotopic (exact) mass is 489 g/mol. The van der Waals surface area contributed by atoms with Gasteiger partial charge in [0, 0.05) is 6.20 Å². The molecule has 1 heterocycles. The van der Waals surface area contributed by atoms with Crippen molar-refractivity contribution in [3.05, 3.63) is 47.1 Å². The molecular formula is C21H19ClF3NO7. The second kappa shape index (κ2) is 11.5. The van der Waals surface area contributed by atoms with Crippen LogP contribution in [-0.2, 0) is 30.0 Å². The van der Waals surface area contributed by atoms with Crippen molar-refractivity contribution >= 4 is 29.3 Å². The molecule has 0 spiro atoms. The molecular weight excluding hydrogens is 471 g/mol. The van der Waals surface area contributed by atoms with E-state index >= 15 is 0 Å². The molecule has 0 saturated carbocycles. The van der Waals surface area contributed by atoms with Gasteiger partial charge < -0.3 is 18.9 Å². The van der Waals surface area contributed by atoms with E-state index in [1.807, 2.05) is 0 Å². The molecule has 0 amide bonds. The molecule has 0 N–H and O–H groups in total. The van der Waals surface area contributed by atoms with Crippen molar-refractivity contribution < 1.29 is 46.5 Å². The van der Waals surface area contributed by atoms with Crippen LogP contribution in [0.2, 0.25) is 5.02 Å². The van der Waals surface area contributed by atoms with Crippen molar-refractivity contribution in [2.24, 2.45) is 0 Å². The summed E-state index contributed by atoms with van der Waals surface area (Å²) in [5.41, 5.74) is -1.01. The van der Waals surface area contributed by atoms with Crippen LogP contribution in [0.4, 0.5) is 13.2 Å². The normalized spacial score (nSPS) is 11.9.